The number of carbonyl (C=O) groups excluding carboxylic acids is 1. The van der Waals surface area contributed by atoms with Crippen molar-refractivity contribution < 1.29 is 9.18 Å². The molecule has 0 atom stereocenters. The van der Waals surface area contributed by atoms with Crippen molar-refractivity contribution in [1.82, 2.24) is 20.2 Å². The van der Waals surface area contributed by atoms with Crippen LogP contribution in [0.4, 0.5) is 15.9 Å². The van der Waals surface area contributed by atoms with Gasteiger partial charge in [-0.15, -0.1) is 11.3 Å². The van der Waals surface area contributed by atoms with Crippen LogP contribution in [-0.2, 0) is 0 Å². The van der Waals surface area contributed by atoms with E-state index in [9.17, 15) is 9.18 Å². The summed E-state index contributed by atoms with van der Waals surface area (Å²) in [4.78, 5) is 24.8. The predicted molar refractivity (Wildman–Crippen MR) is 115 cm³/mol. The Morgan fingerprint density at radius 2 is 2.03 bits per heavy atom. The average molecular weight is 434 g/mol. The first-order valence-corrected chi connectivity index (χ1v) is 10.8. The summed E-state index contributed by atoms with van der Waals surface area (Å²) in [7, 11) is 0. The zero-order chi connectivity index (χ0) is 20.2. The quantitative estimate of drug-likeness (QED) is 0.601. The molecule has 2 aromatic heterocycles. The number of hydrogen-bond donors (Lipinski definition) is 2. The van der Waals surface area contributed by atoms with Gasteiger partial charge in [0.1, 0.15) is 22.8 Å². The van der Waals surface area contributed by atoms with E-state index >= 15 is 0 Å². The minimum absolute atomic E-state index is 0.0272. The third-order valence-electron chi connectivity index (χ3n) is 4.90. The number of rotatable bonds is 6. The van der Waals surface area contributed by atoms with Gasteiger partial charge in [0.15, 0.2) is 0 Å². The first kappa shape index (κ1) is 20.0. The number of nitrogens with zero attached hydrogens (tertiary/aromatic N) is 3. The number of fused-ring (bicyclic) bond motifs is 1. The fourth-order valence-corrected chi connectivity index (χ4v) is 4.47. The smallest absolute Gasteiger partial charge is 0.261 e. The van der Waals surface area contributed by atoms with Gasteiger partial charge in [-0.25, -0.2) is 14.4 Å². The largest absolute Gasteiger partial charge is 0.350 e. The van der Waals surface area contributed by atoms with Gasteiger partial charge in [-0.3, -0.25) is 4.79 Å². The Bertz CT molecular complexity index is 1020. The standard InChI is InChI=1S/C20H21ClFN5OS/c21-15-10-13(4-5-16(15)22)26-18-14-11-17(29-20(14)25-12-24-18)19(28)23-6-9-27-7-2-1-3-8-27/h4-5,10-12H,1-3,6-9H2,(H,23,28)(H,24,25,26). The predicted octanol–water partition coefficient (Wildman–Crippen LogP) is 4.44. The molecule has 3 aromatic rings. The number of hydrogen-bond acceptors (Lipinski definition) is 6. The van der Waals surface area contributed by atoms with E-state index in [1.807, 2.05) is 0 Å². The molecular formula is C20H21ClFN5OS. The second-order valence-electron chi connectivity index (χ2n) is 6.96. The van der Waals surface area contributed by atoms with Crippen LogP contribution in [-0.4, -0.2) is 47.0 Å². The summed E-state index contributed by atoms with van der Waals surface area (Å²) in [5.41, 5.74) is 0.607. The van der Waals surface area contributed by atoms with E-state index < -0.39 is 5.82 Å². The number of piperidine rings is 1. The molecule has 152 valence electrons. The third kappa shape index (κ3) is 4.83. The number of carbonyl (C=O) groups is 1. The molecule has 6 nitrogen and oxygen atoms in total. The van der Waals surface area contributed by atoms with Gasteiger partial charge in [-0.2, -0.15) is 0 Å². The Kier molecular flexibility index (Phi) is 6.22. The maximum Gasteiger partial charge on any atom is 0.261 e. The SMILES string of the molecule is O=C(NCCN1CCCCC1)c1cc2c(Nc3ccc(F)c(Cl)c3)ncnc2s1. The van der Waals surface area contributed by atoms with Crippen molar-refractivity contribution in [3.63, 3.8) is 0 Å². The zero-order valence-corrected chi connectivity index (χ0v) is 17.3. The minimum atomic E-state index is -0.482. The summed E-state index contributed by atoms with van der Waals surface area (Å²) in [5, 5.41) is 6.87. The molecule has 29 heavy (non-hydrogen) atoms. The molecule has 1 aliphatic rings. The number of anilines is 2. The molecular weight excluding hydrogens is 413 g/mol. The maximum absolute atomic E-state index is 13.4. The van der Waals surface area contributed by atoms with Crippen molar-refractivity contribution >= 4 is 50.6 Å². The third-order valence-corrected chi connectivity index (χ3v) is 6.23. The molecule has 1 aliphatic heterocycles. The average Bonchev–Trinajstić information content (AvgIpc) is 3.17. The van der Waals surface area contributed by atoms with Crippen LogP contribution in [0.1, 0.15) is 28.9 Å². The molecule has 1 fully saturated rings. The van der Waals surface area contributed by atoms with Crippen LogP contribution in [0.2, 0.25) is 5.02 Å². The van der Waals surface area contributed by atoms with Crippen LogP contribution < -0.4 is 10.6 Å². The molecule has 9 heteroatoms. The van der Waals surface area contributed by atoms with Crippen molar-refractivity contribution in [3.8, 4) is 0 Å². The summed E-state index contributed by atoms with van der Waals surface area (Å²) in [5.74, 6) is -0.0498. The van der Waals surface area contributed by atoms with E-state index in [0.717, 1.165) is 25.0 Å². The first-order valence-electron chi connectivity index (χ1n) is 9.57. The van der Waals surface area contributed by atoms with Gasteiger partial charge < -0.3 is 15.5 Å². The van der Waals surface area contributed by atoms with Crippen molar-refractivity contribution in [1.29, 1.82) is 0 Å². The lowest BCUT2D eigenvalue weighted by Crippen LogP contribution is -2.37. The van der Waals surface area contributed by atoms with Gasteiger partial charge in [0.2, 0.25) is 0 Å². The molecule has 0 aliphatic carbocycles. The van der Waals surface area contributed by atoms with Gasteiger partial charge in [-0.05, 0) is 50.2 Å². The van der Waals surface area contributed by atoms with E-state index in [-0.39, 0.29) is 10.9 Å². The van der Waals surface area contributed by atoms with Crippen molar-refractivity contribution in [2.24, 2.45) is 0 Å². The highest BCUT2D eigenvalue weighted by Gasteiger charge is 2.15. The van der Waals surface area contributed by atoms with Gasteiger partial charge in [0.05, 0.1) is 15.3 Å². The van der Waals surface area contributed by atoms with E-state index in [4.69, 9.17) is 11.6 Å². The van der Waals surface area contributed by atoms with Crippen molar-refractivity contribution in [2.75, 3.05) is 31.5 Å². The maximum atomic E-state index is 13.4. The lowest BCUT2D eigenvalue weighted by Gasteiger charge is -2.26. The van der Waals surface area contributed by atoms with Gasteiger partial charge in [-0.1, -0.05) is 18.0 Å². The fourth-order valence-electron chi connectivity index (χ4n) is 3.38. The Hall–Kier alpha value is -2.29. The highest BCUT2D eigenvalue weighted by atomic mass is 35.5. The molecule has 0 bridgehead atoms. The van der Waals surface area contributed by atoms with Crippen LogP contribution in [0.5, 0.6) is 0 Å². The first-order chi connectivity index (χ1) is 14.1. The van der Waals surface area contributed by atoms with Gasteiger partial charge >= 0.3 is 0 Å². The summed E-state index contributed by atoms with van der Waals surface area (Å²) >= 11 is 7.17. The Morgan fingerprint density at radius 1 is 1.21 bits per heavy atom. The second kappa shape index (κ2) is 9.02. The molecule has 1 saturated heterocycles. The second-order valence-corrected chi connectivity index (χ2v) is 8.40. The molecule has 2 N–H and O–H groups in total. The van der Waals surface area contributed by atoms with E-state index in [1.165, 1.54) is 49.1 Å². The topological polar surface area (TPSA) is 70.2 Å². The Labute approximate surface area is 177 Å². The lowest BCUT2D eigenvalue weighted by molar-refractivity contribution is 0.0950. The molecule has 0 unspecified atom stereocenters. The number of halogens is 2. The number of amides is 1. The van der Waals surface area contributed by atoms with Crippen LogP contribution >= 0.6 is 22.9 Å². The monoisotopic (exact) mass is 433 g/mol. The van der Waals surface area contributed by atoms with Crippen LogP contribution in [0.3, 0.4) is 0 Å². The number of nitrogens with one attached hydrogen (secondary N) is 2. The summed E-state index contributed by atoms with van der Waals surface area (Å²) < 4.78 is 13.4. The molecule has 1 amide bonds. The van der Waals surface area contributed by atoms with E-state index in [2.05, 4.69) is 25.5 Å². The number of thiophene rings is 1. The van der Waals surface area contributed by atoms with Crippen LogP contribution in [0, 0.1) is 5.82 Å². The molecule has 0 saturated carbocycles. The molecule has 4 rings (SSSR count). The highest BCUT2D eigenvalue weighted by molar-refractivity contribution is 7.20. The minimum Gasteiger partial charge on any atom is -0.350 e. The fraction of sp³-hybridized carbons (Fsp3) is 0.350. The van der Waals surface area contributed by atoms with Gasteiger partial charge in [0, 0.05) is 18.8 Å². The summed E-state index contributed by atoms with van der Waals surface area (Å²) in [6, 6.07) is 6.14. The Balaban J connectivity index is 1.45. The van der Waals surface area contributed by atoms with Crippen molar-refractivity contribution in [2.45, 2.75) is 19.3 Å². The molecule has 0 radical (unpaired) electrons. The number of likely N-dealkylation sites (tertiary alicyclic amines) is 1. The van der Waals surface area contributed by atoms with E-state index in [1.54, 1.807) is 12.1 Å². The lowest BCUT2D eigenvalue weighted by atomic mass is 10.1. The zero-order valence-electron chi connectivity index (χ0n) is 15.8. The molecule has 0 spiro atoms. The highest BCUT2D eigenvalue weighted by Crippen LogP contribution is 2.30. The summed E-state index contributed by atoms with van der Waals surface area (Å²) in [6.45, 7) is 3.71. The molecule has 1 aromatic carbocycles. The van der Waals surface area contributed by atoms with Crippen LogP contribution in [0.25, 0.3) is 10.2 Å². The molecule has 3 heterocycles. The van der Waals surface area contributed by atoms with Crippen molar-refractivity contribution in [3.05, 3.63) is 46.3 Å². The Morgan fingerprint density at radius 3 is 2.83 bits per heavy atom. The normalized spacial score (nSPS) is 14.8. The van der Waals surface area contributed by atoms with E-state index in [0.29, 0.717) is 27.8 Å². The van der Waals surface area contributed by atoms with Gasteiger partial charge in [0.25, 0.3) is 5.91 Å². The number of benzene rings is 1. The summed E-state index contributed by atoms with van der Waals surface area (Å²) in [6.07, 6.45) is 5.20. The number of aromatic nitrogens is 2. The van der Waals surface area contributed by atoms with Crippen LogP contribution in [0.15, 0.2) is 30.6 Å².